The van der Waals surface area contributed by atoms with Crippen LogP contribution in [0.1, 0.15) is 29.3 Å². The Morgan fingerprint density at radius 3 is 3.04 bits per heavy atom. The summed E-state index contributed by atoms with van der Waals surface area (Å²) in [7, 11) is 0. The highest BCUT2D eigenvalue weighted by atomic mass is 16.5. The van der Waals surface area contributed by atoms with Crippen LogP contribution in [0.25, 0.3) is 6.08 Å². The molecule has 1 fully saturated rings. The minimum absolute atomic E-state index is 0.365. The number of nitrogens with zero attached hydrogens (tertiary/aromatic N) is 3. The Balaban J connectivity index is 1.43. The van der Waals surface area contributed by atoms with Gasteiger partial charge in [-0.2, -0.15) is 0 Å². The number of ether oxygens (including phenoxy) is 1. The molecule has 4 heterocycles. The second-order valence-corrected chi connectivity index (χ2v) is 6.97. The average Bonchev–Trinajstić information content (AvgIpc) is 3.28. The van der Waals surface area contributed by atoms with Crippen LogP contribution in [0.4, 0.5) is 5.82 Å². The van der Waals surface area contributed by atoms with Crippen LogP contribution in [0, 0.1) is 6.92 Å². The number of hydrogen-bond donors (Lipinski definition) is 1. The first-order chi connectivity index (χ1) is 12.8. The lowest BCUT2D eigenvalue weighted by atomic mass is 10.1. The summed E-state index contributed by atoms with van der Waals surface area (Å²) in [5.41, 5.74) is 2.47. The quantitative estimate of drug-likeness (QED) is 0.891. The van der Waals surface area contributed by atoms with E-state index in [-0.39, 0.29) is 0 Å². The van der Waals surface area contributed by atoms with Gasteiger partial charge in [-0.1, -0.05) is 6.08 Å². The molecule has 6 heteroatoms. The first kappa shape index (κ1) is 17.2. The van der Waals surface area contributed by atoms with Crippen molar-refractivity contribution >= 4 is 11.9 Å². The maximum atomic E-state index is 5.49. The van der Waals surface area contributed by atoms with Gasteiger partial charge in [-0.25, -0.2) is 9.97 Å². The van der Waals surface area contributed by atoms with E-state index in [9.17, 15) is 0 Å². The van der Waals surface area contributed by atoms with Crippen LogP contribution in [0.15, 0.2) is 28.9 Å². The number of anilines is 1. The Hall–Kier alpha value is -2.18. The van der Waals surface area contributed by atoms with Gasteiger partial charge in [-0.15, -0.1) is 0 Å². The molecule has 1 N–H and O–H groups in total. The summed E-state index contributed by atoms with van der Waals surface area (Å²) in [5.74, 6) is 2.75. The minimum atomic E-state index is 0.365. The van der Waals surface area contributed by atoms with Crippen LogP contribution in [0.3, 0.4) is 0 Å². The zero-order valence-electron chi connectivity index (χ0n) is 15.3. The third-order valence-electron chi connectivity index (χ3n) is 5.01. The van der Waals surface area contributed by atoms with Gasteiger partial charge < -0.3 is 14.5 Å². The van der Waals surface area contributed by atoms with Crippen LogP contribution in [0.5, 0.6) is 0 Å². The van der Waals surface area contributed by atoms with E-state index < -0.39 is 0 Å². The molecular weight excluding hydrogens is 328 g/mol. The molecule has 0 amide bonds. The minimum Gasteiger partial charge on any atom is -0.465 e. The lowest BCUT2D eigenvalue weighted by molar-refractivity contribution is 0.195. The van der Waals surface area contributed by atoms with Gasteiger partial charge in [0, 0.05) is 38.2 Å². The van der Waals surface area contributed by atoms with E-state index in [0.717, 1.165) is 69.5 Å². The Morgan fingerprint density at radius 1 is 1.31 bits per heavy atom. The van der Waals surface area contributed by atoms with Gasteiger partial charge in [0.25, 0.3) is 0 Å². The molecule has 2 aromatic rings. The first-order valence-electron chi connectivity index (χ1n) is 9.41. The van der Waals surface area contributed by atoms with Crippen molar-refractivity contribution in [2.75, 3.05) is 38.2 Å². The van der Waals surface area contributed by atoms with E-state index in [0.29, 0.717) is 6.04 Å². The number of fused-ring (bicyclic) bond motifs is 1. The van der Waals surface area contributed by atoms with Gasteiger partial charge in [0.15, 0.2) is 0 Å². The predicted molar refractivity (Wildman–Crippen MR) is 101 cm³/mol. The number of hydrogen-bond acceptors (Lipinski definition) is 6. The van der Waals surface area contributed by atoms with Gasteiger partial charge in [-0.3, -0.25) is 4.90 Å². The largest absolute Gasteiger partial charge is 0.465 e. The maximum absolute atomic E-state index is 5.49. The van der Waals surface area contributed by atoms with Crippen LogP contribution in [0.2, 0.25) is 0 Å². The molecule has 4 rings (SSSR count). The van der Waals surface area contributed by atoms with Crippen molar-refractivity contribution in [1.82, 2.24) is 14.9 Å². The second kappa shape index (κ2) is 8.01. The van der Waals surface area contributed by atoms with Crippen molar-refractivity contribution in [2.24, 2.45) is 0 Å². The molecule has 0 aliphatic carbocycles. The van der Waals surface area contributed by atoms with Crippen LogP contribution in [-0.2, 0) is 17.6 Å². The fraction of sp³-hybridized carbons (Fsp3) is 0.500. The Bertz CT molecular complexity index is 751. The Kier molecular flexibility index (Phi) is 5.32. The number of rotatable bonds is 5. The number of aryl methyl sites for hydroxylation is 1. The van der Waals surface area contributed by atoms with E-state index in [1.165, 1.54) is 11.3 Å². The molecule has 0 aromatic carbocycles. The molecule has 0 bridgehead atoms. The predicted octanol–water partition coefficient (Wildman–Crippen LogP) is 2.69. The number of nitrogens with one attached hydrogen (secondary N) is 1. The summed E-state index contributed by atoms with van der Waals surface area (Å²) in [4.78, 5) is 11.9. The summed E-state index contributed by atoms with van der Waals surface area (Å²) in [6.07, 6.45) is 8.88. The van der Waals surface area contributed by atoms with Crippen molar-refractivity contribution in [3.05, 3.63) is 47.3 Å². The molecular formula is C20H26N4O2. The molecule has 1 unspecified atom stereocenters. The topological polar surface area (TPSA) is 63.4 Å². The highest BCUT2D eigenvalue weighted by molar-refractivity contribution is 5.48. The molecule has 1 atom stereocenters. The van der Waals surface area contributed by atoms with Crippen LogP contribution >= 0.6 is 0 Å². The zero-order chi connectivity index (χ0) is 17.8. The van der Waals surface area contributed by atoms with Crippen molar-refractivity contribution in [1.29, 1.82) is 0 Å². The summed E-state index contributed by atoms with van der Waals surface area (Å²) < 4.78 is 10.8. The zero-order valence-corrected chi connectivity index (χ0v) is 15.3. The normalized spacial score (nSPS) is 21.0. The second-order valence-electron chi connectivity index (χ2n) is 6.97. The van der Waals surface area contributed by atoms with Crippen molar-refractivity contribution < 1.29 is 9.15 Å². The van der Waals surface area contributed by atoms with E-state index in [2.05, 4.69) is 21.3 Å². The van der Waals surface area contributed by atoms with Crippen LogP contribution in [-0.4, -0.2) is 53.8 Å². The van der Waals surface area contributed by atoms with Crippen molar-refractivity contribution in [3.63, 3.8) is 0 Å². The molecule has 0 spiro atoms. The van der Waals surface area contributed by atoms with Crippen molar-refractivity contribution in [2.45, 2.75) is 32.2 Å². The third-order valence-corrected chi connectivity index (χ3v) is 5.01. The fourth-order valence-corrected chi connectivity index (χ4v) is 3.62. The Morgan fingerprint density at radius 2 is 2.23 bits per heavy atom. The van der Waals surface area contributed by atoms with Gasteiger partial charge in [-0.05, 0) is 38.0 Å². The smallest absolute Gasteiger partial charge is 0.133 e. The summed E-state index contributed by atoms with van der Waals surface area (Å²) >= 11 is 0. The molecule has 138 valence electrons. The monoisotopic (exact) mass is 354 g/mol. The summed E-state index contributed by atoms with van der Waals surface area (Å²) in [6.45, 7) is 6.52. The molecule has 0 saturated carbocycles. The lowest BCUT2D eigenvalue weighted by Crippen LogP contribution is -2.26. The molecule has 1 saturated heterocycles. The van der Waals surface area contributed by atoms with E-state index in [1.54, 1.807) is 6.26 Å². The summed E-state index contributed by atoms with van der Waals surface area (Å²) in [6, 6.07) is 4.24. The van der Waals surface area contributed by atoms with Gasteiger partial charge >= 0.3 is 0 Å². The standard InChI is InChI=1S/C20H26N4O2/c1-15-21-19-7-11-24(9-2-4-17-5-3-12-26-17)10-6-18(19)20(22-15)23-16-8-13-25-14-16/h2-5,12,16H,6-11,13-14H2,1H3,(H,21,22,23)/b4-2+. The van der Waals surface area contributed by atoms with E-state index in [4.69, 9.17) is 14.1 Å². The highest BCUT2D eigenvalue weighted by Crippen LogP contribution is 2.23. The maximum Gasteiger partial charge on any atom is 0.133 e. The van der Waals surface area contributed by atoms with Gasteiger partial charge in [0.1, 0.15) is 17.4 Å². The Labute approximate surface area is 154 Å². The summed E-state index contributed by atoms with van der Waals surface area (Å²) in [5, 5.41) is 3.59. The number of aromatic nitrogens is 2. The molecule has 6 nitrogen and oxygen atoms in total. The molecule has 26 heavy (non-hydrogen) atoms. The van der Waals surface area contributed by atoms with E-state index in [1.807, 2.05) is 25.1 Å². The van der Waals surface area contributed by atoms with E-state index >= 15 is 0 Å². The average molecular weight is 354 g/mol. The number of furan rings is 1. The first-order valence-corrected chi connectivity index (χ1v) is 9.41. The highest BCUT2D eigenvalue weighted by Gasteiger charge is 2.22. The molecule has 2 aromatic heterocycles. The molecule has 2 aliphatic rings. The molecule has 2 aliphatic heterocycles. The third kappa shape index (κ3) is 4.14. The van der Waals surface area contributed by atoms with Gasteiger partial charge in [0.2, 0.25) is 0 Å². The van der Waals surface area contributed by atoms with Gasteiger partial charge in [0.05, 0.1) is 24.6 Å². The molecule has 0 radical (unpaired) electrons. The lowest BCUT2D eigenvalue weighted by Gasteiger charge is -2.18. The van der Waals surface area contributed by atoms with Crippen molar-refractivity contribution in [3.8, 4) is 0 Å². The fourth-order valence-electron chi connectivity index (χ4n) is 3.62. The SMILES string of the molecule is Cc1nc2c(c(NC3CCOC3)n1)CCN(C/C=C/c1ccco1)CC2. The van der Waals surface area contributed by atoms with Crippen LogP contribution < -0.4 is 5.32 Å².